The van der Waals surface area contributed by atoms with Crippen LogP contribution < -0.4 is 0 Å². The van der Waals surface area contributed by atoms with Crippen LogP contribution >= 0.6 is 0 Å². The molecule has 2 amide bonds. The van der Waals surface area contributed by atoms with E-state index in [0.29, 0.717) is 19.5 Å². The second kappa shape index (κ2) is 12.9. The Bertz CT molecular complexity index is 1760. The van der Waals surface area contributed by atoms with E-state index in [1.54, 1.807) is 45.0 Å². The fourth-order valence-corrected chi connectivity index (χ4v) is 5.64. The predicted octanol–water partition coefficient (Wildman–Crippen LogP) is 4.55. The molecule has 1 unspecified atom stereocenters. The molecule has 0 saturated carbocycles. The number of benzene rings is 3. The Balaban J connectivity index is 1.35. The molecule has 5 aromatic rings. The predicted molar refractivity (Wildman–Crippen MR) is 168 cm³/mol. The summed E-state index contributed by atoms with van der Waals surface area (Å²) < 4.78 is 3.45. The fourth-order valence-electron chi connectivity index (χ4n) is 5.64. The molecule has 0 radical (unpaired) electrons. The van der Waals surface area contributed by atoms with E-state index in [-0.39, 0.29) is 18.4 Å². The standard InChI is InChI=1S/C35H35N7O2/c1-26-30(23-37-39(26)2)14-17-34(43)41(24-28-12-15-32(16-13-28)42-21-19-36-38-42)33(22-27-8-4-3-5-9-27)35(44)40-20-18-29-10-6-7-11-31(29)25-40/h3-17,19,21,23,33H,18,20,22,24-25H2,1-2H3. The minimum absolute atomic E-state index is 0.0538. The molecule has 3 aromatic carbocycles. The van der Waals surface area contributed by atoms with Crippen LogP contribution in [0.4, 0.5) is 0 Å². The molecule has 0 aliphatic carbocycles. The number of carbonyl (C=O) groups is 2. The number of hydrogen-bond donors (Lipinski definition) is 0. The number of amides is 2. The third-order valence-corrected chi connectivity index (χ3v) is 8.31. The van der Waals surface area contributed by atoms with E-state index < -0.39 is 6.04 Å². The number of rotatable bonds is 9. The lowest BCUT2D eigenvalue weighted by atomic mass is 9.97. The Morgan fingerprint density at radius 2 is 1.70 bits per heavy atom. The lowest BCUT2D eigenvalue weighted by molar-refractivity contribution is -0.144. The van der Waals surface area contributed by atoms with E-state index in [4.69, 9.17) is 0 Å². The summed E-state index contributed by atoms with van der Waals surface area (Å²) in [5.41, 5.74) is 6.99. The van der Waals surface area contributed by atoms with Gasteiger partial charge in [-0.05, 0) is 53.8 Å². The summed E-state index contributed by atoms with van der Waals surface area (Å²) in [4.78, 5) is 32.2. The van der Waals surface area contributed by atoms with Crippen molar-refractivity contribution >= 4 is 17.9 Å². The van der Waals surface area contributed by atoms with Gasteiger partial charge in [-0.25, -0.2) is 4.68 Å². The van der Waals surface area contributed by atoms with Crippen LogP contribution in [0.15, 0.2) is 104 Å². The Labute approximate surface area is 257 Å². The van der Waals surface area contributed by atoms with Gasteiger partial charge in [0, 0.05) is 50.4 Å². The van der Waals surface area contributed by atoms with Gasteiger partial charge in [0.15, 0.2) is 0 Å². The van der Waals surface area contributed by atoms with Crippen LogP contribution in [-0.2, 0) is 42.6 Å². The van der Waals surface area contributed by atoms with Gasteiger partial charge in [0.25, 0.3) is 0 Å². The molecule has 1 aliphatic rings. The SMILES string of the molecule is Cc1c(C=CC(=O)N(Cc2ccc(-n3ccnn3)cc2)C(Cc2ccccc2)C(=O)N2CCc3ccccc3C2)cnn1C. The van der Waals surface area contributed by atoms with Crippen LogP contribution in [0, 0.1) is 6.92 Å². The molecule has 9 heteroatoms. The molecule has 44 heavy (non-hydrogen) atoms. The summed E-state index contributed by atoms with van der Waals surface area (Å²) in [7, 11) is 1.87. The Hall–Kier alpha value is -5.31. The van der Waals surface area contributed by atoms with Gasteiger partial charge in [-0.3, -0.25) is 14.3 Å². The molecule has 222 valence electrons. The third-order valence-electron chi connectivity index (χ3n) is 8.31. The average Bonchev–Trinajstić information content (AvgIpc) is 3.72. The lowest BCUT2D eigenvalue weighted by Crippen LogP contribution is -2.52. The maximum absolute atomic E-state index is 14.5. The number of fused-ring (bicyclic) bond motifs is 1. The van der Waals surface area contributed by atoms with Gasteiger partial charge < -0.3 is 9.80 Å². The second-order valence-electron chi connectivity index (χ2n) is 11.1. The van der Waals surface area contributed by atoms with Gasteiger partial charge in [0.2, 0.25) is 11.8 Å². The molecule has 9 nitrogen and oxygen atoms in total. The molecule has 1 atom stereocenters. The zero-order valence-electron chi connectivity index (χ0n) is 25.0. The van der Waals surface area contributed by atoms with Crippen LogP contribution in [0.25, 0.3) is 11.8 Å². The molecule has 0 N–H and O–H groups in total. The van der Waals surface area contributed by atoms with Crippen LogP contribution in [0.3, 0.4) is 0 Å². The number of hydrogen-bond acceptors (Lipinski definition) is 5. The second-order valence-corrected chi connectivity index (χ2v) is 11.1. The van der Waals surface area contributed by atoms with Crippen molar-refractivity contribution in [1.82, 2.24) is 34.6 Å². The highest BCUT2D eigenvalue weighted by Crippen LogP contribution is 2.23. The van der Waals surface area contributed by atoms with Gasteiger partial charge in [0.05, 0.1) is 24.3 Å². The van der Waals surface area contributed by atoms with Crippen molar-refractivity contribution in [3.05, 3.63) is 137 Å². The van der Waals surface area contributed by atoms with Crippen molar-refractivity contribution in [2.75, 3.05) is 6.54 Å². The Morgan fingerprint density at radius 1 is 0.955 bits per heavy atom. The van der Waals surface area contributed by atoms with Crippen molar-refractivity contribution < 1.29 is 9.59 Å². The molecular formula is C35H35N7O2. The first-order valence-electron chi connectivity index (χ1n) is 14.8. The number of nitrogens with zero attached hydrogens (tertiary/aromatic N) is 7. The first-order chi connectivity index (χ1) is 21.5. The van der Waals surface area contributed by atoms with E-state index >= 15 is 0 Å². The molecule has 2 aromatic heterocycles. The molecule has 0 fully saturated rings. The summed E-state index contributed by atoms with van der Waals surface area (Å²) in [6.45, 7) is 3.36. The van der Waals surface area contributed by atoms with E-state index in [1.165, 1.54) is 5.56 Å². The largest absolute Gasteiger partial charge is 0.336 e. The van der Waals surface area contributed by atoms with E-state index in [2.05, 4.69) is 27.5 Å². The van der Waals surface area contributed by atoms with Gasteiger partial charge in [-0.15, -0.1) is 5.10 Å². The first-order valence-corrected chi connectivity index (χ1v) is 14.8. The summed E-state index contributed by atoms with van der Waals surface area (Å²) in [6, 6.07) is 25.3. The van der Waals surface area contributed by atoms with Crippen molar-refractivity contribution in [1.29, 1.82) is 0 Å². The zero-order valence-corrected chi connectivity index (χ0v) is 25.0. The highest BCUT2D eigenvalue weighted by Gasteiger charge is 2.34. The monoisotopic (exact) mass is 585 g/mol. The Morgan fingerprint density at radius 3 is 2.41 bits per heavy atom. The minimum Gasteiger partial charge on any atom is -0.336 e. The number of aromatic nitrogens is 5. The maximum Gasteiger partial charge on any atom is 0.247 e. The summed E-state index contributed by atoms with van der Waals surface area (Å²) in [5, 5.41) is 12.3. The minimum atomic E-state index is -0.704. The van der Waals surface area contributed by atoms with E-state index in [9.17, 15) is 9.59 Å². The molecule has 6 rings (SSSR count). The molecule has 0 spiro atoms. The normalized spacial score (nSPS) is 13.5. The third kappa shape index (κ3) is 6.36. The lowest BCUT2D eigenvalue weighted by Gasteiger charge is -2.37. The molecule has 3 heterocycles. The summed E-state index contributed by atoms with van der Waals surface area (Å²) in [6.07, 6.45) is 9.68. The van der Waals surface area contributed by atoms with Crippen LogP contribution in [0.2, 0.25) is 0 Å². The van der Waals surface area contributed by atoms with Crippen molar-refractivity contribution in [3.8, 4) is 5.69 Å². The highest BCUT2D eigenvalue weighted by atomic mass is 16.2. The molecule has 0 saturated heterocycles. The Kier molecular flexibility index (Phi) is 8.45. The van der Waals surface area contributed by atoms with Crippen LogP contribution in [0.5, 0.6) is 0 Å². The van der Waals surface area contributed by atoms with E-state index in [1.807, 2.05) is 85.6 Å². The smallest absolute Gasteiger partial charge is 0.247 e. The van der Waals surface area contributed by atoms with Gasteiger partial charge >= 0.3 is 0 Å². The maximum atomic E-state index is 14.5. The quantitative estimate of drug-likeness (QED) is 0.237. The van der Waals surface area contributed by atoms with Gasteiger partial charge in [-0.1, -0.05) is 71.9 Å². The van der Waals surface area contributed by atoms with E-state index in [0.717, 1.165) is 40.1 Å². The molecular weight excluding hydrogens is 550 g/mol. The number of aryl methyl sites for hydroxylation is 1. The first kappa shape index (κ1) is 28.8. The van der Waals surface area contributed by atoms with Crippen molar-refractivity contribution in [2.24, 2.45) is 7.05 Å². The van der Waals surface area contributed by atoms with Gasteiger partial charge in [-0.2, -0.15) is 5.10 Å². The number of carbonyl (C=O) groups excluding carboxylic acids is 2. The zero-order chi connectivity index (χ0) is 30.5. The van der Waals surface area contributed by atoms with Crippen molar-refractivity contribution in [2.45, 2.75) is 38.9 Å². The topological polar surface area (TPSA) is 89.2 Å². The van der Waals surface area contributed by atoms with Crippen LogP contribution in [0.1, 0.15) is 33.5 Å². The fraction of sp³-hybridized carbons (Fsp3) is 0.229. The molecule has 0 bridgehead atoms. The average molecular weight is 586 g/mol. The highest BCUT2D eigenvalue weighted by molar-refractivity contribution is 5.96. The van der Waals surface area contributed by atoms with Crippen LogP contribution in [-0.4, -0.2) is 59.0 Å². The van der Waals surface area contributed by atoms with Gasteiger partial charge in [0.1, 0.15) is 6.04 Å². The summed E-state index contributed by atoms with van der Waals surface area (Å²) in [5.74, 6) is -0.290. The molecule has 1 aliphatic heterocycles. The summed E-state index contributed by atoms with van der Waals surface area (Å²) >= 11 is 0. The van der Waals surface area contributed by atoms with Crippen molar-refractivity contribution in [3.63, 3.8) is 0 Å².